The van der Waals surface area contributed by atoms with Crippen LogP contribution in [0.25, 0.3) is 0 Å². The van der Waals surface area contributed by atoms with Crippen molar-refractivity contribution < 1.29 is 9.53 Å². The quantitative estimate of drug-likeness (QED) is 0.857. The zero-order valence-electron chi connectivity index (χ0n) is 10.2. The molecule has 19 heavy (non-hydrogen) atoms. The minimum atomic E-state index is 0.000567. The number of ether oxygens (including phenoxy) is 1. The van der Waals surface area contributed by atoms with E-state index in [1.165, 1.54) is 11.3 Å². The average molecular weight is 275 g/mol. The Hall–Kier alpha value is -1.95. The van der Waals surface area contributed by atoms with Crippen molar-refractivity contribution in [2.75, 3.05) is 13.1 Å². The van der Waals surface area contributed by atoms with Crippen molar-refractivity contribution in [1.82, 2.24) is 15.1 Å². The van der Waals surface area contributed by atoms with Crippen LogP contribution in [0.5, 0.6) is 5.88 Å². The fourth-order valence-electron chi connectivity index (χ4n) is 2.09. The number of amides is 1. The Labute approximate surface area is 114 Å². The molecule has 0 radical (unpaired) electrons. The second kappa shape index (κ2) is 5.36. The fourth-order valence-corrected chi connectivity index (χ4v) is 2.78. The van der Waals surface area contributed by atoms with Crippen LogP contribution in [-0.2, 0) is 0 Å². The summed E-state index contributed by atoms with van der Waals surface area (Å²) in [5.74, 6) is 0.596. The van der Waals surface area contributed by atoms with Gasteiger partial charge in [-0.15, -0.1) is 16.4 Å². The standard InChI is InChI=1S/C13H13N3O2S/c17-13(11-3-2-8-19-11)16-7-5-10(9-16)18-12-4-1-6-14-15-12/h1-4,6,8,10H,5,7,9H2. The molecule has 1 saturated heterocycles. The Morgan fingerprint density at radius 3 is 3.11 bits per heavy atom. The van der Waals surface area contributed by atoms with Crippen LogP contribution in [0.15, 0.2) is 35.8 Å². The van der Waals surface area contributed by atoms with Gasteiger partial charge >= 0.3 is 0 Å². The number of carbonyl (C=O) groups is 1. The van der Waals surface area contributed by atoms with E-state index in [1.807, 2.05) is 22.4 Å². The smallest absolute Gasteiger partial charge is 0.264 e. The molecule has 6 heteroatoms. The van der Waals surface area contributed by atoms with Gasteiger partial charge in [0.15, 0.2) is 0 Å². The van der Waals surface area contributed by atoms with Gasteiger partial charge in [0.05, 0.1) is 11.4 Å². The van der Waals surface area contributed by atoms with Crippen LogP contribution < -0.4 is 4.74 Å². The Balaban J connectivity index is 1.60. The van der Waals surface area contributed by atoms with Crippen LogP contribution in [0, 0.1) is 0 Å². The third kappa shape index (κ3) is 2.73. The normalized spacial score (nSPS) is 18.5. The SMILES string of the molecule is O=C(c1cccs1)N1CCC(Oc2cccnn2)C1. The van der Waals surface area contributed by atoms with Crippen LogP contribution in [0.3, 0.4) is 0 Å². The van der Waals surface area contributed by atoms with Gasteiger partial charge in [0, 0.05) is 25.2 Å². The molecule has 1 aliphatic heterocycles. The van der Waals surface area contributed by atoms with Crippen LogP contribution in [0.2, 0.25) is 0 Å². The molecule has 3 heterocycles. The van der Waals surface area contributed by atoms with E-state index < -0.39 is 0 Å². The van der Waals surface area contributed by atoms with Gasteiger partial charge in [-0.05, 0) is 17.5 Å². The van der Waals surface area contributed by atoms with Crippen molar-refractivity contribution in [2.45, 2.75) is 12.5 Å². The summed E-state index contributed by atoms with van der Waals surface area (Å²) in [4.78, 5) is 14.8. The number of carbonyl (C=O) groups excluding carboxylic acids is 1. The molecular formula is C13H13N3O2S. The van der Waals surface area contributed by atoms with Crippen molar-refractivity contribution in [2.24, 2.45) is 0 Å². The molecule has 2 aromatic rings. The minimum absolute atomic E-state index is 0.000567. The van der Waals surface area contributed by atoms with Gasteiger partial charge < -0.3 is 9.64 Å². The van der Waals surface area contributed by atoms with E-state index in [0.717, 1.165) is 17.8 Å². The van der Waals surface area contributed by atoms with Gasteiger partial charge in [0.1, 0.15) is 6.10 Å². The monoisotopic (exact) mass is 275 g/mol. The second-order valence-electron chi connectivity index (χ2n) is 4.32. The number of rotatable bonds is 3. The number of aromatic nitrogens is 2. The molecule has 5 nitrogen and oxygen atoms in total. The van der Waals surface area contributed by atoms with E-state index >= 15 is 0 Å². The Kier molecular flexibility index (Phi) is 3.41. The first-order valence-corrected chi connectivity index (χ1v) is 6.98. The van der Waals surface area contributed by atoms with E-state index in [4.69, 9.17) is 4.74 Å². The molecule has 0 bridgehead atoms. The lowest BCUT2D eigenvalue weighted by Gasteiger charge is -2.15. The first-order chi connectivity index (χ1) is 9.33. The van der Waals surface area contributed by atoms with Crippen molar-refractivity contribution in [3.05, 3.63) is 40.7 Å². The molecule has 1 fully saturated rings. The highest BCUT2D eigenvalue weighted by atomic mass is 32.1. The summed E-state index contributed by atoms with van der Waals surface area (Å²) in [6.45, 7) is 1.33. The molecule has 0 N–H and O–H groups in total. The van der Waals surface area contributed by atoms with E-state index in [1.54, 1.807) is 18.3 Å². The van der Waals surface area contributed by atoms with Crippen LogP contribution in [0.4, 0.5) is 0 Å². The molecule has 1 aliphatic rings. The van der Waals surface area contributed by atoms with Crippen LogP contribution in [0.1, 0.15) is 16.1 Å². The van der Waals surface area contributed by atoms with Crippen molar-refractivity contribution >= 4 is 17.2 Å². The zero-order valence-corrected chi connectivity index (χ0v) is 11.0. The Morgan fingerprint density at radius 1 is 1.42 bits per heavy atom. The summed E-state index contributed by atoms with van der Waals surface area (Å²) in [7, 11) is 0. The van der Waals surface area contributed by atoms with Crippen LogP contribution in [-0.4, -0.2) is 40.2 Å². The lowest BCUT2D eigenvalue weighted by Crippen LogP contribution is -2.30. The predicted molar refractivity (Wildman–Crippen MR) is 71.3 cm³/mol. The first kappa shape index (κ1) is 12.1. The zero-order chi connectivity index (χ0) is 13.1. The molecule has 2 aromatic heterocycles. The lowest BCUT2D eigenvalue weighted by molar-refractivity contribution is 0.0775. The molecular weight excluding hydrogens is 262 g/mol. The topological polar surface area (TPSA) is 55.3 Å². The molecule has 1 atom stereocenters. The highest BCUT2D eigenvalue weighted by Crippen LogP contribution is 2.19. The molecule has 1 unspecified atom stereocenters. The van der Waals surface area contributed by atoms with Crippen molar-refractivity contribution in [1.29, 1.82) is 0 Å². The molecule has 98 valence electrons. The number of nitrogens with zero attached hydrogens (tertiary/aromatic N) is 3. The third-order valence-corrected chi connectivity index (χ3v) is 3.86. The Morgan fingerprint density at radius 2 is 2.37 bits per heavy atom. The maximum Gasteiger partial charge on any atom is 0.264 e. The second-order valence-corrected chi connectivity index (χ2v) is 5.27. The number of thiophene rings is 1. The van der Waals surface area contributed by atoms with Crippen molar-refractivity contribution in [3.8, 4) is 5.88 Å². The van der Waals surface area contributed by atoms with Crippen molar-refractivity contribution in [3.63, 3.8) is 0 Å². The maximum absolute atomic E-state index is 12.2. The number of likely N-dealkylation sites (tertiary alicyclic amines) is 1. The summed E-state index contributed by atoms with van der Waals surface area (Å²) in [5.41, 5.74) is 0. The number of hydrogen-bond acceptors (Lipinski definition) is 5. The fraction of sp³-hybridized carbons (Fsp3) is 0.308. The highest BCUT2D eigenvalue weighted by Gasteiger charge is 2.28. The van der Waals surface area contributed by atoms with Gasteiger partial charge in [-0.2, -0.15) is 5.10 Å². The summed E-state index contributed by atoms with van der Waals surface area (Å²) >= 11 is 1.47. The van der Waals surface area contributed by atoms with Gasteiger partial charge in [-0.3, -0.25) is 4.79 Å². The summed E-state index contributed by atoms with van der Waals surface area (Å²) in [5, 5.41) is 9.57. The molecule has 0 saturated carbocycles. The van der Waals surface area contributed by atoms with E-state index in [9.17, 15) is 4.79 Å². The maximum atomic E-state index is 12.2. The van der Waals surface area contributed by atoms with E-state index in [-0.39, 0.29) is 12.0 Å². The first-order valence-electron chi connectivity index (χ1n) is 6.10. The van der Waals surface area contributed by atoms with Crippen LogP contribution >= 0.6 is 11.3 Å². The highest BCUT2D eigenvalue weighted by molar-refractivity contribution is 7.12. The summed E-state index contributed by atoms with van der Waals surface area (Å²) in [6, 6.07) is 7.30. The van der Waals surface area contributed by atoms with E-state index in [0.29, 0.717) is 12.4 Å². The number of hydrogen-bond donors (Lipinski definition) is 0. The average Bonchev–Trinajstić information content (AvgIpc) is 3.10. The third-order valence-electron chi connectivity index (χ3n) is 3.00. The van der Waals surface area contributed by atoms with Gasteiger partial charge in [-0.25, -0.2) is 0 Å². The summed E-state index contributed by atoms with van der Waals surface area (Å²) < 4.78 is 5.71. The molecule has 3 rings (SSSR count). The molecule has 1 amide bonds. The molecule has 0 aliphatic carbocycles. The Bertz CT molecular complexity index is 544. The summed E-state index contributed by atoms with van der Waals surface area (Å²) in [6.07, 6.45) is 2.43. The molecule has 0 aromatic carbocycles. The molecule has 0 spiro atoms. The predicted octanol–water partition coefficient (Wildman–Crippen LogP) is 1.83. The lowest BCUT2D eigenvalue weighted by atomic mass is 10.3. The van der Waals surface area contributed by atoms with Gasteiger partial charge in [0.2, 0.25) is 5.88 Å². The van der Waals surface area contributed by atoms with E-state index in [2.05, 4.69) is 10.2 Å². The van der Waals surface area contributed by atoms with Gasteiger partial charge in [0.25, 0.3) is 5.91 Å². The van der Waals surface area contributed by atoms with Gasteiger partial charge in [-0.1, -0.05) is 6.07 Å². The minimum Gasteiger partial charge on any atom is -0.471 e. The largest absolute Gasteiger partial charge is 0.471 e.